The number of anilines is 2. The standard InChI is InChI=1S/C27H38N8O3S.C25H36N8OS.C2H3ClO2.2CH3.2W/c1-18-24-25(29-20-3-5-21(6-4-20)33-9-11-34(12-10-33)27(36)37-2)30-23(31-26(24)39-32-18)15-19-16-28-35(17-19)22-7-13-38-14-8-22;1-17-23-24(28-19-2-4-20(5-3-19)32-10-8-26-9-11-32)29-22(30-25(23)35-31-17)14-18-15-27-33(16-18)21-6-12-34-13-7-21;1-5-2(3)4;;;;/h16-17,20-22H,3-15H2,1-2H3,(H,29,30,31);15-16,19-21,26H,2-14H2,1H3,(H,28,29,30);1H3;2*1H3;;/q;;;2*-1;;. The van der Waals surface area contributed by atoms with Gasteiger partial charge in [0.25, 0.3) is 0 Å². The van der Waals surface area contributed by atoms with Gasteiger partial charge in [-0.2, -0.15) is 18.9 Å². The predicted molar refractivity (Wildman–Crippen MR) is 319 cm³/mol. The monoisotopic (exact) mass is 1540 g/mol. The summed E-state index contributed by atoms with van der Waals surface area (Å²) in [4.78, 5) is 49.9. The van der Waals surface area contributed by atoms with Gasteiger partial charge >= 0.3 is 11.5 Å². The maximum atomic E-state index is 11.8. The Labute approximate surface area is 530 Å². The maximum Gasteiger partial charge on any atom is 0.409 e. The molecule has 0 unspecified atom stereocenters. The topological polar surface area (TPSA) is 230 Å². The molecule has 2 aliphatic carbocycles. The number of ether oxygens (including phenoxy) is 4. The van der Waals surface area contributed by atoms with Gasteiger partial charge in [0.2, 0.25) is 0 Å². The summed E-state index contributed by atoms with van der Waals surface area (Å²) in [5, 5.41) is 22.5. The summed E-state index contributed by atoms with van der Waals surface area (Å²) in [7, 11) is 2.67. The van der Waals surface area contributed by atoms with Gasteiger partial charge in [-0.1, -0.05) is 0 Å². The third-order valence-corrected chi connectivity index (χ3v) is 18.3. The van der Waals surface area contributed by atoms with Crippen molar-refractivity contribution >= 4 is 78.3 Å². The van der Waals surface area contributed by atoms with E-state index in [4.69, 9.17) is 34.1 Å². The van der Waals surface area contributed by atoms with E-state index >= 15 is 0 Å². The number of halogens is 1. The van der Waals surface area contributed by atoms with E-state index in [-0.39, 0.29) is 63.1 Å². The van der Waals surface area contributed by atoms with Gasteiger partial charge in [-0.15, -0.1) is 0 Å². The minimum atomic E-state index is -0.773. The van der Waals surface area contributed by atoms with Crippen molar-refractivity contribution in [2.45, 2.75) is 140 Å². The van der Waals surface area contributed by atoms with Gasteiger partial charge in [0.15, 0.2) is 0 Å². The van der Waals surface area contributed by atoms with Gasteiger partial charge < -0.3 is 54.7 Å². The summed E-state index contributed by atoms with van der Waals surface area (Å²) in [5.41, 5.74) is 3.50. The third kappa shape index (κ3) is 18.1. The Balaban J connectivity index is 0.000000237. The molecule has 2 saturated carbocycles. The molecular weight excluding hydrogens is 1460 g/mol. The molecule has 6 aromatic rings. The Morgan fingerprint density at radius 1 is 0.602 bits per heavy atom. The second kappa shape index (κ2) is 33.3. The summed E-state index contributed by atoms with van der Waals surface area (Å²) < 4.78 is 33.1. The predicted octanol–water partition coefficient (Wildman–Crippen LogP) is 8.69. The fourth-order valence-electron chi connectivity index (χ4n) is 12.0. The van der Waals surface area contributed by atoms with Crippen LogP contribution in [0.1, 0.15) is 123 Å². The average Bonchev–Trinajstić information content (AvgIpc) is 4.46. The van der Waals surface area contributed by atoms with E-state index in [2.05, 4.69) is 89.7 Å². The maximum absolute atomic E-state index is 11.8. The molecule has 6 fully saturated rings. The zero-order chi connectivity index (χ0) is 54.7. The van der Waals surface area contributed by atoms with Gasteiger partial charge in [-0.3, -0.25) is 19.2 Å². The minimum Gasteiger partial charge on any atom is -0.457 e. The number of carbonyl (C=O) groups excluding carboxylic acids is 2. The van der Waals surface area contributed by atoms with Gasteiger partial charge in [0.1, 0.15) is 32.9 Å². The number of hydrogen-bond donors (Lipinski definition) is 3. The smallest absolute Gasteiger partial charge is 0.409 e. The van der Waals surface area contributed by atoms with Crippen molar-refractivity contribution in [3.05, 3.63) is 73.8 Å². The first-order valence-electron chi connectivity index (χ1n) is 28.3. The normalized spacial score (nSPS) is 21.8. The molecule has 12 rings (SSSR count). The number of amides is 1. The van der Waals surface area contributed by atoms with Crippen LogP contribution < -0.4 is 16.0 Å². The second-order valence-electron chi connectivity index (χ2n) is 21.6. The van der Waals surface area contributed by atoms with Crippen LogP contribution in [0.15, 0.2) is 24.8 Å². The number of carbonyl (C=O) groups is 2. The van der Waals surface area contributed by atoms with Gasteiger partial charge in [0.05, 0.1) is 60.9 Å². The first kappa shape index (κ1) is 68.3. The molecule has 0 bridgehead atoms. The van der Waals surface area contributed by atoms with Crippen LogP contribution >= 0.6 is 34.7 Å². The van der Waals surface area contributed by atoms with Crippen molar-refractivity contribution in [2.24, 2.45) is 0 Å². The number of piperazine rings is 2. The summed E-state index contributed by atoms with van der Waals surface area (Å²) in [6.45, 7) is 15.3. The van der Waals surface area contributed by atoms with Gasteiger partial charge in [-0.25, -0.2) is 29.5 Å². The fraction of sp³-hybridized carbons (Fsp3) is 0.643. The van der Waals surface area contributed by atoms with Crippen LogP contribution in [-0.4, -0.2) is 192 Å². The molecule has 456 valence electrons. The van der Waals surface area contributed by atoms with Crippen molar-refractivity contribution in [3.8, 4) is 0 Å². The molecule has 22 nitrogen and oxygen atoms in total. The first-order valence-corrected chi connectivity index (χ1v) is 30.2. The van der Waals surface area contributed by atoms with E-state index in [1.807, 2.05) is 19.3 Å². The molecule has 6 aliphatic rings. The summed E-state index contributed by atoms with van der Waals surface area (Å²) >= 11 is 7.52. The number of fused-ring (bicyclic) bond motifs is 2. The molecule has 4 aliphatic heterocycles. The van der Waals surface area contributed by atoms with E-state index in [0.717, 1.165) is 189 Å². The number of nitrogens with zero attached hydrogens (tertiary/aromatic N) is 13. The quantitative estimate of drug-likeness (QED) is 0.0768. The largest absolute Gasteiger partial charge is 0.457 e. The molecule has 1 amide bonds. The molecule has 83 heavy (non-hydrogen) atoms. The second-order valence-corrected chi connectivity index (χ2v) is 23.4. The molecule has 0 spiro atoms. The summed E-state index contributed by atoms with van der Waals surface area (Å²) in [6, 6.07) is 2.96. The van der Waals surface area contributed by atoms with E-state index in [1.165, 1.54) is 76.1 Å². The molecule has 0 radical (unpaired) electrons. The Morgan fingerprint density at radius 2 is 1.01 bits per heavy atom. The summed E-state index contributed by atoms with van der Waals surface area (Å²) in [5.74, 6) is 3.51. The zero-order valence-electron chi connectivity index (χ0n) is 48.9. The SMILES string of the molecule is COC(=O)Cl.COC(=O)N1CCN(C2CCC(Nc3nc(Cc4cnn(C5CCOCC5)c4)nc4snc(C)c34)CC2)CC1.Cc1nsc2nc(Cc3cnn(C4CCOCC4)c3)nc(NC3CCC(N4CCNCC4)CC3)c12.[CH3-].[CH3-].[W].[W]. The fourth-order valence-corrected chi connectivity index (χ4v) is 13.6. The number of aryl methyl sites for hydroxylation is 2. The van der Waals surface area contributed by atoms with E-state index < -0.39 is 5.43 Å². The molecule has 0 atom stereocenters. The van der Waals surface area contributed by atoms with Crippen molar-refractivity contribution in [1.82, 2.24) is 68.3 Å². The number of methoxy groups -OCH3 is 2. The average molecular weight is 1540 g/mol. The molecule has 6 aromatic heterocycles. The van der Waals surface area contributed by atoms with Crippen LogP contribution in [-0.2, 0) is 73.9 Å². The molecule has 3 N–H and O–H groups in total. The molecule has 27 heteroatoms. The zero-order valence-corrected chi connectivity index (χ0v) is 57.2. The van der Waals surface area contributed by atoms with Crippen LogP contribution in [0, 0.1) is 28.7 Å². The van der Waals surface area contributed by atoms with Gasteiger partial charge in [0, 0.05) is 182 Å². The van der Waals surface area contributed by atoms with Gasteiger partial charge in [-0.05, 0) is 125 Å². The molecule has 10 heterocycles. The van der Waals surface area contributed by atoms with E-state index in [0.29, 0.717) is 43.1 Å². The van der Waals surface area contributed by atoms with Crippen LogP contribution in [0.25, 0.3) is 20.4 Å². The number of aromatic nitrogens is 10. The van der Waals surface area contributed by atoms with E-state index in [1.54, 1.807) is 4.90 Å². The van der Waals surface area contributed by atoms with Crippen LogP contribution in [0.4, 0.5) is 21.2 Å². The van der Waals surface area contributed by atoms with E-state index in [9.17, 15) is 9.59 Å². The minimum absolute atomic E-state index is 0. The first-order chi connectivity index (χ1) is 38.6. The van der Waals surface area contributed by atoms with Crippen molar-refractivity contribution in [3.63, 3.8) is 0 Å². The Hall–Kier alpha value is -3.83. The molecular formula is C56H83ClN16O6S2W2-2. The number of rotatable bonds is 12. The van der Waals surface area contributed by atoms with Crippen molar-refractivity contribution in [2.75, 3.05) is 104 Å². The Morgan fingerprint density at radius 3 is 1.41 bits per heavy atom. The van der Waals surface area contributed by atoms with Crippen LogP contribution in [0.5, 0.6) is 0 Å². The molecule has 0 aromatic carbocycles. The summed E-state index contributed by atoms with van der Waals surface area (Å²) in [6.07, 6.45) is 22.7. The van der Waals surface area contributed by atoms with Crippen molar-refractivity contribution < 1.29 is 70.7 Å². The Kier molecular flexibility index (Phi) is 27.4. The Bertz CT molecular complexity index is 2930. The number of hydrogen-bond acceptors (Lipinski definition) is 21. The van der Waals surface area contributed by atoms with Crippen molar-refractivity contribution in [1.29, 1.82) is 0 Å². The van der Waals surface area contributed by atoms with Crippen LogP contribution in [0.3, 0.4) is 0 Å². The van der Waals surface area contributed by atoms with Crippen LogP contribution in [0.2, 0.25) is 0 Å². The third-order valence-electron chi connectivity index (χ3n) is 16.4. The molecule has 4 saturated heterocycles. The number of nitrogens with one attached hydrogen (secondary N) is 3.